The van der Waals surface area contributed by atoms with Crippen LogP contribution in [0.1, 0.15) is 23.4 Å². The van der Waals surface area contributed by atoms with Crippen LogP contribution in [0.3, 0.4) is 0 Å². The van der Waals surface area contributed by atoms with Crippen LogP contribution >= 0.6 is 15.9 Å². The fourth-order valence-corrected chi connectivity index (χ4v) is 1.33. The molecule has 0 unspecified atom stereocenters. The van der Waals surface area contributed by atoms with E-state index >= 15 is 0 Å². The number of aromatic nitrogens is 1. The van der Waals surface area contributed by atoms with E-state index in [1.807, 2.05) is 0 Å². The second kappa shape index (κ2) is 4.11. The smallest absolute Gasteiger partial charge is 0.265 e. The molecular weight excluding hydrogens is 242 g/mol. The average molecular weight is 251 g/mol. The van der Waals surface area contributed by atoms with Gasteiger partial charge >= 0.3 is 0 Å². The van der Waals surface area contributed by atoms with Gasteiger partial charge in [0, 0.05) is 16.6 Å². The predicted octanol–water partition coefficient (Wildman–Crippen LogP) is 2.55. The van der Waals surface area contributed by atoms with Crippen molar-refractivity contribution in [3.05, 3.63) is 27.5 Å². The van der Waals surface area contributed by atoms with Crippen LogP contribution in [-0.4, -0.2) is 4.98 Å². The maximum absolute atomic E-state index is 12.4. The Bertz CT molecular complexity index is 315. The summed E-state index contributed by atoms with van der Waals surface area (Å²) < 4.78 is 25.4. The fraction of sp³-hybridized carbons (Fsp3) is 0.375. The Morgan fingerprint density at radius 3 is 2.69 bits per heavy atom. The Morgan fingerprint density at radius 1 is 1.62 bits per heavy atom. The molecule has 0 bridgehead atoms. The minimum absolute atomic E-state index is 0.0355. The maximum atomic E-state index is 12.4. The van der Waals surface area contributed by atoms with Crippen molar-refractivity contribution in [2.24, 2.45) is 5.73 Å². The molecule has 0 saturated carbocycles. The van der Waals surface area contributed by atoms with Crippen molar-refractivity contribution in [1.82, 2.24) is 4.98 Å². The lowest BCUT2D eigenvalue weighted by molar-refractivity contribution is 0.149. The maximum Gasteiger partial charge on any atom is 0.265 e. The first-order valence-electron chi connectivity index (χ1n) is 3.70. The highest BCUT2D eigenvalue weighted by Gasteiger charge is 2.14. The highest BCUT2D eigenvalue weighted by atomic mass is 79.9. The molecule has 0 amide bonds. The zero-order valence-corrected chi connectivity index (χ0v) is 8.61. The summed E-state index contributed by atoms with van der Waals surface area (Å²) in [4.78, 5) is 3.96. The number of alkyl halides is 2. The summed E-state index contributed by atoms with van der Waals surface area (Å²) >= 11 is 3.14. The molecule has 1 heterocycles. The van der Waals surface area contributed by atoms with Crippen molar-refractivity contribution in [2.45, 2.75) is 19.9 Å². The molecule has 0 saturated heterocycles. The largest absolute Gasteiger partial charge is 0.325 e. The van der Waals surface area contributed by atoms with Crippen LogP contribution in [0, 0.1) is 6.92 Å². The fourth-order valence-electron chi connectivity index (χ4n) is 0.997. The van der Waals surface area contributed by atoms with Gasteiger partial charge in [-0.15, -0.1) is 0 Å². The number of nitrogens with zero attached hydrogens (tertiary/aromatic N) is 1. The molecule has 0 spiro atoms. The predicted molar refractivity (Wildman–Crippen MR) is 49.5 cm³/mol. The van der Waals surface area contributed by atoms with Crippen molar-refractivity contribution in [3.8, 4) is 0 Å². The third-order valence-corrected chi connectivity index (χ3v) is 2.49. The molecule has 13 heavy (non-hydrogen) atoms. The van der Waals surface area contributed by atoms with E-state index in [1.165, 1.54) is 6.07 Å². The van der Waals surface area contributed by atoms with Crippen LogP contribution in [0.25, 0.3) is 0 Å². The van der Waals surface area contributed by atoms with Crippen LogP contribution in [0.4, 0.5) is 8.78 Å². The molecule has 2 N–H and O–H groups in total. The minimum Gasteiger partial charge on any atom is -0.325 e. The lowest BCUT2D eigenvalue weighted by Crippen LogP contribution is -2.06. The molecule has 0 fully saturated rings. The van der Waals surface area contributed by atoms with Crippen molar-refractivity contribution >= 4 is 15.9 Å². The molecule has 5 heteroatoms. The summed E-state index contributed by atoms with van der Waals surface area (Å²) in [5.41, 5.74) is 6.13. The Kier molecular flexibility index (Phi) is 3.33. The third kappa shape index (κ3) is 2.22. The van der Waals surface area contributed by atoms with Crippen LogP contribution in [-0.2, 0) is 6.54 Å². The number of hydrogen-bond acceptors (Lipinski definition) is 2. The van der Waals surface area contributed by atoms with Crippen LogP contribution in [0.15, 0.2) is 10.5 Å². The summed E-state index contributed by atoms with van der Waals surface area (Å²) in [6.07, 6.45) is -2.53. The van der Waals surface area contributed by atoms with Gasteiger partial charge in [0.2, 0.25) is 0 Å². The number of pyridine rings is 1. The molecule has 0 radical (unpaired) electrons. The zero-order valence-electron chi connectivity index (χ0n) is 7.02. The van der Waals surface area contributed by atoms with Crippen molar-refractivity contribution < 1.29 is 8.78 Å². The number of aryl methyl sites for hydroxylation is 1. The normalized spacial score (nSPS) is 10.9. The second-order valence-electron chi connectivity index (χ2n) is 2.60. The number of nitrogens with two attached hydrogens (primary N) is 1. The number of hydrogen-bond donors (Lipinski definition) is 1. The van der Waals surface area contributed by atoms with E-state index in [4.69, 9.17) is 5.73 Å². The molecule has 0 aliphatic carbocycles. The van der Waals surface area contributed by atoms with E-state index in [-0.39, 0.29) is 17.8 Å². The molecule has 0 aliphatic heterocycles. The molecule has 72 valence electrons. The van der Waals surface area contributed by atoms with Gasteiger partial charge in [-0.3, -0.25) is 4.98 Å². The monoisotopic (exact) mass is 250 g/mol. The second-order valence-corrected chi connectivity index (χ2v) is 3.45. The minimum atomic E-state index is -2.53. The van der Waals surface area contributed by atoms with Gasteiger partial charge in [-0.2, -0.15) is 0 Å². The molecule has 0 aromatic carbocycles. The lowest BCUT2D eigenvalue weighted by Gasteiger charge is -2.08. The Labute approximate surface area is 83.3 Å². The molecule has 1 rings (SSSR count). The van der Waals surface area contributed by atoms with Crippen LogP contribution < -0.4 is 5.73 Å². The summed E-state index contributed by atoms with van der Waals surface area (Å²) in [5, 5.41) is 0. The van der Waals surface area contributed by atoms with Crippen molar-refractivity contribution in [2.75, 3.05) is 0 Å². The number of rotatable bonds is 2. The summed E-state index contributed by atoms with van der Waals surface area (Å²) in [7, 11) is 0. The Balaban J connectivity index is 3.25. The lowest BCUT2D eigenvalue weighted by atomic mass is 10.2. The highest BCUT2D eigenvalue weighted by Crippen LogP contribution is 2.26. The first-order chi connectivity index (χ1) is 6.06. The van der Waals surface area contributed by atoms with E-state index < -0.39 is 6.43 Å². The molecule has 1 aromatic heterocycles. The van der Waals surface area contributed by atoms with Crippen molar-refractivity contribution in [3.63, 3.8) is 0 Å². The SMILES string of the molecule is Cc1nc(CN)c(C(F)F)cc1Br. The van der Waals surface area contributed by atoms with Gasteiger partial charge in [-0.1, -0.05) is 0 Å². The summed E-state index contributed by atoms with van der Waals surface area (Å²) in [6, 6.07) is 1.37. The van der Waals surface area contributed by atoms with Gasteiger partial charge in [0.05, 0.1) is 11.4 Å². The Morgan fingerprint density at radius 2 is 2.23 bits per heavy atom. The van der Waals surface area contributed by atoms with Gasteiger partial charge < -0.3 is 5.73 Å². The standard InChI is InChI=1S/C8H9BrF2N2/c1-4-6(9)2-5(8(10)11)7(3-12)13-4/h2,8H,3,12H2,1H3. The van der Waals surface area contributed by atoms with E-state index in [0.29, 0.717) is 10.2 Å². The van der Waals surface area contributed by atoms with Gasteiger partial charge in [0.15, 0.2) is 0 Å². The van der Waals surface area contributed by atoms with Crippen molar-refractivity contribution in [1.29, 1.82) is 0 Å². The van der Waals surface area contributed by atoms with Crippen LogP contribution in [0.2, 0.25) is 0 Å². The van der Waals surface area contributed by atoms with E-state index in [1.54, 1.807) is 6.92 Å². The van der Waals surface area contributed by atoms with E-state index in [9.17, 15) is 8.78 Å². The topological polar surface area (TPSA) is 38.9 Å². The first kappa shape index (κ1) is 10.5. The average Bonchev–Trinajstić information content (AvgIpc) is 2.08. The molecule has 0 aliphatic rings. The van der Waals surface area contributed by atoms with Gasteiger partial charge in [0.1, 0.15) is 0 Å². The molecule has 0 atom stereocenters. The summed E-state index contributed by atoms with van der Waals surface area (Å²) in [5.74, 6) is 0. The van der Waals surface area contributed by atoms with Gasteiger partial charge in [0.25, 0.3) is 6.43 Å². The summed E-state index contributed by atoms with van der Waals surface area (Å²) in [6.45, 7) is 1.77. The highest BCUT2D eigenvalue weighted by molar-refractivity contribution is 9.10. The molecular formula is C8H9BrF2N2. The van der Waals surface area contributed by atoms with E-state index in [0.717, 1.165) is 0 Å². The van der Waals surface area contributed by atoms with E-state index in [2.05, 4.69) is 20.9 Å². The quantitative estimate of drug-likeness (QED) is 0.877. The van der Waals surface area contributed by atoms with Gasteiger partial charge in [-0.25, -0.2) is 8.78 Å². The molecule has 2 nitrogen and oxygen atoms in total. The Hall–Kier alpha value is -0.550. The zero-order chi connectivity index (χ0) is 10.0. The first-order valence-corrected chi connectivity index (χ1v) is 4.49. The molecule has 1 aromatic rings. The van der Waals surface area contributed by atoms with Gasteiger partial charge in [-0.05, 0) is 28.9 Å². The third-order valence-electron chi connectivity index (χ3n) is 1.69. The number of halogens is 3. The van der Waals surface area contributed by atoms with Crippen LogP contribution in [0.5, 0.6) is 0 Å².